The zero-order valence-electron chi connectivity index (χ0n) is 17.8. The number of urea groups is 1. The maximum Gasteiger partial charge on any atom is 0.321 e. The third-order valence-electron chi connectivity index (χ3n) is 5.12. The molecule has 0 spiro atoms. The van der Waals surface area contributed by atoms with Gasteiger partial charge >= 0.3 is 6.03 Å². The van der Waals surface area contributed by atoms with Gasteiger partial charge in [0.25, 0.3) is 0 Å². The number of anilines is 2. The number of carbonyl (C=O) groups excluding carboxylic acids is 1. The minimum Gasteiger partial charge on any atom is -0.493 e. The summed E-state index contributed by atoms with van der Waals surface area (Å²) in [4.78, 5) is 16.6. The highest BCUT2D eigenvalue weighted by atomic mass is 16.5. The fraction of sp³-hybridized carbons (Fsp3) is 0.333. The quantitative estimate of drug-likeness (QED) is 0.673. The molecule has 2 amide bonds. The van der Waals surface area contributed by atoms with Gasteiger partial charge in [-0.25, -0.2) is 9.48 Å². The van der Waals surface area contributed by atoms with Gasteiger partial charge in [0.15, 0.2) is 23.1 Å². The highest BCUT2D eigenvalue weighted by Gasteiger charge is 2.22. The van der Waals surface area contributed by atoms with Crippen LogP contribution in [0.3, 0.4) is 0 Å². The minimum absolute atomic E-state index is 0.151. The Hall–Kier alpha value is -3.82. The van der Waals surface area contributed by atoms with Crippen molar-refractivity contribution in [2.24, 2.45) is 0 Å². The molecule has 0 saturated carbocycles. The molecule has 0 aliphatic carbocycles. The summed E-state index contributed by atoms with van der Waals surface area (Å²) in [5.41, 5.74) is 1.58. The summed E-state index contributed by atoms with van der Waals surface area (Å²) in [7, 11) is 3.14. The van der Waals surface area contributed by atoms with Gasteiger partial charge in [-0.2, -0.15) is 5.10 Å². The number of ether oxygens (including phenoxy) is 2. The first-order valence-corrected chi connectivity index (χ1v) is 9.96. The first kappa shape index (κ1) is 20.5. The Labute approximate surface area is 180 Å². The maximum atomic E-state index is 12.7. The van der Waals surface area contributed by atoms with E-state index in [0.717, 1.165) is 11.5 Å². The number of nitrogens with one attached hydrogen (secondary N) is 1. The Bertz CT molecular complexity index is 1040. The van der Waals surface area contributed by atoms with Gasteiger partial charge in [-0.05, 0) is 37.3 Å². The highest BCUT2D eigenvalue weighted by molar-refractivity contribution is 5.90. The van der Waals surface area contributed by atoms with Gasteiger partial charge in [-0.3, -0.25) is 0 Å². The second kappa shape index (κ2) is 8.90. The normalized spacial score (nSPS) is 13.8. The van der Waals surface area contributed by atoms with Crippen molar-refractivity contribution in [1.29, 1.82) is 0 Å². The van der Waals surface area contributed by atoms with E-state index in [-0.39, 0.29) is 6.03 Å². The average molecular weight is 423 g/mol. The summed E-state index contributed by atoms with van der Waals surface area (Å²) >= 11 is 0. The summed E-state index contributed by atoms with van der Waals surface area (Å²) in [5.74, 6) is 2.64. The lowest BCUT2D eigenvalue weighted by molar-refractivity contribution is 0.208. The molecule has 2 aromatic heterocycles. The third-order valence-corrected chi connectivity index (χ3v) is 5.12. The van der Waals surface area contributed by atoms with E-state index in [2.05, 4.69) is 25.5 Å². The zero-order valence-corrected chi connectivity index (χ0v) is 17.8. The Morgan fingerprint density at radius 1 is 0.935 bits per heavy atom. The Balaban J connectivity index is 1.33. The topological polar surface area (TPSA) is 97.6 Å². The first-order chi connectivity index (χ1) is 15.1. The molecule has 31 heavy (non-hydrogen) atoms. The van der Waals surface area contributed by atoms with E-state index in [1.54, 1.807) is 42.0 Å². The van der Waals surface area contributed by atoms with Gasteiger partial charge in [0.1, 0.15) is 0 Å². The lowest BCUT2D eigenvalue weighted by Gasteiger charge is -2.35. The van der Waals surface area contributed by atoms with Crippen LogP contribution in [-0.2, 0) is 0 Å². The smallest absolute Gasteiger partial charge is 0.321 e. The minimum atomic E-state index is -0.151. The SMILES string of the molecule is COc1ccc(NC(=O)N2CCN(c3ccc(-n4ccc(C)n4)nn3)CC2)cc1OC. The second-order valence-electron chi connectivity index (χ2n) is 7.13. The van der Waals surface area contributed by atoms with Gasteiger partial charge in [0, 0.05) is 44.1 Å². The van der Waals surface area contributed by atoms with E-state index >= 15 is 0 Å². The monoisotopic (exact) mass is 423 g/mol. The van der Waals surface area contributed by atoms with Gasteiger partial charge in [-0.15, -0.1) is 10.2 Å². The molecule has 162 valence electrons. The first-order valence-electron chi connectivity index (χ1n) is 9.96. The molecule has 10 heteroatoms. The van der Waals surface area contributed by atoms with Gasteiger partial charge in [0.05, 0.1) is 19.9 Å². The van der Waals surface area contributed by atoms with Crippen LogP contribution in [-0.4, -0.2) is 71.3 Å². The lowest BCUT2D eigenvalue weighted by Crippen LogP contribution is -2.50. The number of piperazine rings is 1. The van der Waals surface area contributed by atoms with Crippen LogP contribution in [0.25, 0.3) is 5.82 Å². The van der Waals surface area contributed by atoms with Crippen molar-refractivity contribution < 1.29 is 14.3 Å². The molecule has 1 aliphatic heterocycles. The maximum absolute atomic E-state index is 12.7. The summed E-state index contributed by atoms with van der Waals surface area (Å²) in [6, 6.07) is 10.9. The lowest BCUT2D eigenvalue weighted by atomic mass is 10.2. The van der Waals surface area contributed by atoms with Crippen LogP contribution in [0.4, 0.5) is 16.3 Å². The van der Waals surface area contributed by atoms with Crippen LogP contribution in [0.2, 0.25) is 0 Å². The number of nitrogens with zero attached hydrogens (tertiary/aromatic N) is 6. The largest absolute Gasteiger partial charge is 0.493 e. The molecule has 0 atom stereocenters. The van der Waals surface area contributed by atoms with Crippen LogP contribution in [0, 0.1) is 6.92 Å². The number of carbonyl (C=O) groups is 1. The fourth-order valence-electron chi connectivity index (χ4n) is 3.41. The van der Waals surface area contributed by atoms with E-state index < -0.39 is 0 Å². The van der Waals surface area contributed by atoms with Crippen molar-refractivity contribution in [1.82, 2.24) is 24.9 Å². The highest BCUT2D eigenvalue weighted by Crippen LogP contribution is 2.29. The van der Waals surface area contributed by atoms with Crippen molar-refractivity contribution in [3.05, 3.63) is 48.3 Å². The molecule has 1 aliphatic rings. The molecule has 0 bridgehead atoms. The molecule has 3 heterocycles. The van der Waals surface area contributed by atoms with Crippen LogP contribution < -0.4 is 19.7 Å². The van der Waals surface area contributed by atoms with E-state index in [1.165, 1.54) is 0 Å². The number of methoxy groups -OCH3 is 2. The number of rotatable bonds is 5. The summed E-state index contributed by atoms with van der Waals surface area (Å²) in [5, 5.41) is 15.9. The molecule has 1 aromatic carbocycles. The summed E-state index contributed by atoms with van der Waals surface area (Å²) < 4.78 is 12.2. The standard InChI is InChI=1S/C21H25N7O3/c1-15-8-9-28(25-15)20-7-6-19(23-24-20)26-10-12-27(13-11-26)21(29)22-16-4-5-17(30-2)18(14-16)31-3/h4-9,14H,10-13H2,1-3H3,(H,22,29). The van der Waals surface area contributed by atoms with Crippen molar-refractivity contribution in [3.63, 3.8) is 0 Å². The van der Waals surface area contributed by atoms with Crippen molar-refractivity contribution in [2.45, 2.75) is 6.92 Å². The zero-order chi connectivity index (χ0) is 21.8. The Morgan fingerprint density at radius 3 is 2.26 bits per heavy atom. The molecular formula is C21H25N7O3. The number of amides is 2. The van der Waals surface area contributed by atoms with Crippen molar-refractivity contribution >= 4 is 17.5 Å². The van der Waals surface area contributed by atoms with Crippen molar-refractivity contribution in [3.8, 4) is 17.3 Å². The third kappa shape index (κ3) is 4.52. The van der Waals surface area contributed by atoms with E-state index in [0.29, 0.717) is 49.2 Å². The van der Waals surface area contributed by atoms with Gasteiger partial charge < -0.3 is 24.6 Å². The van der Waals surface area contributed by atoms with Gasteiger partial charge in [-0.1, -0.05) is 0 Å². The molecule has 1 N–H and O–H groups in total. The van der Waals surface area contributed by atoms with E-state index in [1.807, 2.05) is 31.3 Å². The number of benzene rings is 1. The number of aryl methyl sites for hydroxylation is 1. The number of aromatic nitrogens is 4. The van der Waals surface area contributed by atoms with Crippen LogP contribution in [0.5, 0.6) is 11.5 Å². The summed E-state index contributed by atoms with van der Waals surface area (Å²) in [6.45, 7) is 4.45. The molecule has 3 aromatic rings. The predicted molar refractivity (Wildman–Crippen MR) is 116 cm³/mol. The molecule has 10 nitrogen and oxygen atoms in total. The Kier molecular flexibility index (Phi) is 5.87. The molecule has 1 fully saturated rings. The van der Waals surface area contributed by atoms with Gasteiger partial charge in [0.2, 0.25) is 0 Å². The average Bonchev–Trinajstić information content (AvgIpc) is 3.25. The van der Waals surface area contributed by atoms with E-state index in [9.17, 15) is 4.79 Å². The molecule has 0 unspecified atom stereocenters. The second-order valence-corrected chi connectivity index (χ2v) is 7.13. The van der Waals surface area contributed by atoms with Crippen LogP contribution >= 0.6 is 0 Å². The van der Waals surface area contributed by atoms with Crippen molar-refractivity contribution in [2.75, 3.05) is 50.6 Å². The Morgan fingerprint density at radius 2 is 1.65 bits per heavy atom. The fourth-order valence-corrected chi connectivity index (χ4v) is 3.41. The van der Waals surface area contributed by atoms with Crippen LogP contribution in [0.15, 0.2) is 42.6 Å². The number of hydrogen-bond donors (Lipinski definition) is 1. The summed E-state index contributed by atoms with van der Waals surface area (Å²) in [6.07, 6.45) is 1.86. The van der Waals surface area contributed by atoms with Crippen LogP contribution in [0.1, 0.15) is 5.69 Å². The molecule has 0 radical (unpaired) electrons. The predicted octanol–water partition coefficient (Wildman–Crippen LogP) is 2.34. The van der Waals surface area contributed by atoms with E-state index in [4.69, 9.17) is 9.47 Å². The molecular weight excluding hydrogens is 398 g/mol. The molecule has 4 rings (SSSR count). The molecule has 1 saturated heterocycles. The number of hydrogen-bond acceptors (Lipinski definition) is 7.